The van der Waals surface area contributed by atoms with Gasteiger partial charge in [0.1, 0.15) is 0 Å². The maximum absolute atomic E-state index is 5.84. The van der Waals surface area contributed by atoms with Crippen molar-refractivity contribution in [3.63, 3.8) is 0 Å². The summed E-state index contributed by atoms with van der Waals surface area (Å²) >= 11 is 0. The Morgan fingerprint density at radius 1 is 1.29 bits per heavy atom. The first-order chi connectivity index (χ1) is 6.69. The number of benzene rings is 1. The van der Waals surface area contributed by atoms with Crippen molar-refractivity contribution in [2.24, 2.45) is 0 Å². The zero-order chi connectivity index (χ0) is 10.6. The summed E-state index contributed by atoms with van der Waals surface area (Å²) < 4.78 is 0. The van der Waals surface area contributed by atoms with Crippen LogP contribution in [0, 0.1) is 6.92 Å². The highest BCUT2D eigenvalue weighted by Crippen LogP contribution is 2.22. The Bertz CT molecular complexity index is 290. The number of rotatable bonds is 4. The van der Waals surface area contributed by atoms with Crippen molar-refractivity contribution in [2.45, 2.75) is 39.7 Å². The molecule has 0 aromatic heterocycles. The normalized spacial score (nSPS) is 10.6. The molecule has 0 unspecified atom stereocenters. The fourth-order valence-electron chi connectivity index (χ4n) is 1.52. The van der Waals surface area contributed by atoms with E-state index >= 15 is 0 Å². The lowest BCUT2D eigenvalue weighted by atomic mass is 10.1. The van der Waals surface area contributed by atoms with Crippen LogP contribution >= 0.6 is 0 Å². The molecule has 3 N–H and O–H groups in total. The molecule has 0 spiro atoms. The average Bonchev–Trinajstić information content (AvgIpc) is 2.20. The topological polar surface area (TPSA) is 38.0 Å². The molecule has 1 rings (SSSR count). The largest absolute Gasteiger partial charge is 0.398 e. The molecule has 14 heavy (non-hydrogen) atoms. The minimum absolute atomic E-state index is 0.551. The standard InChI is InChI=1S/C12H20N2/c1-4-10(5-2)14-12-8-6-7-11(13)9(12)3/h6-8,10,14H,4-5,13H2,1-3H3. The smallest absolute Gasteiger partial charge is 0.0392 e. The molecule has 2 heteroatoms. The Labute approximate surface area is 86.5 Å². The highest BCUT2D eigenvalue weighted by Gasteiger charge is 2.05. The van der Waals surface area contributed by atoms with Gasteiger partial charge in [-0.05, 0) is 37.5 Å². The molecular formula is C12H20N2. The van der Waals surface area contributed by atoms with E-state index in [4.69, 9.17) is 5.73 Å². The van der Waals surface area contributed by atoms with Crippen molar-refractivity contribution in [3.8, 4) is 0 Å². The van der Waals surface area contributed by atoms with Crippen molar-refractivity contribution in [2.75, 3.05) is 11.1 Å². The molecule has 1 aromatic carbocycles. The summed E-state index contributed by atoms with van der Waals surface area (Å²) in [6.45, 7) is 6.45. The summed E-state index contributed by atoms with van der Waals surface area (Å²) in [6.07, 6.45) is 2.29. The Balaban J connectivity index is 2.80. The van der Waals surface area contributed by atoms with Gasteiger partial charge in [-0.3, -0.25) is 0 Å². The summed E-state index contributed by atoms with van der Waals surface area (Å²) in [5.41, 5.74) is 9.02. The number of anilines is 2. The van der Waals surface area contributed by atoms with Crippen molar-refractivity contribution >= 4 is 11.4 Å². The minimum Gasteiger partial charge on any atom is -0.398 e. The van der Waals surface area contributed by atoms with Crippen LogP contribution < -0.4 is 11.1 Å². The molecule has 2 nitrogen and oxygen atoms in total. The van der Waals surface area contributed by atoms with E-state index in [2.05, 4.69) is 32.2 Å². The predicted octanol–water partition coefficient (Wildman–Crippen LogP) is 3.18. The van der Waals surface area contributed by atoms with Crippen molar-refractivity contribution in [1.82, 2.24) is 0 Å². The van der Waals surface area contributed by atoms with Crippen LogP contribution in [-0.2, 0) is 0 Å². The van der Waals surface area contributed by atoms with Gasteiger partial charge in [0.25, 0.3) is 0 Å². The lowest BCUT2D eigenvalue weighted by Crippen LogP contribution is -2.17. The van der Waals surface area contributed by atoms with E-state index in [1.165, 1.54) is 5.69 Å². The maximum Gasteiger partial charge on any atom is 0.0392 e. The predicted molar refractivity (Wildman–Crippen MR) is 63.6 cm³/mol. The van der Waals surface area contributed by atoms with E-state index < -0.39 is 0 Å². The van der Waals surface area contributed by atoms with Gasteiger partial charge < -0.3 is 11.1 Å². The molecular weight excluding hydrogens is 172 g/mol. The quantitative estimate of drug-likeness (QED) is 0.719. The number of nitrogens with one attached hydrogen (secondary N) is 1. The van der Waals surface area contributed by atoms with Crippen molar-refractivity contribution in [1.29, 1.82) is 0 Å². The highest BCUT2D eigenvalue weighted by molar-refractivity contribution is 5.63. The van der Waals surface area contributed by atoms with Gasteiger partial charge in [0.2, 0.25) is 0 Å². The molecule has 0 atom stereocenters. The second kappa shape index (κ2) is 4.89. The van der Waals surface area contributed by atoms with Crippen LogP contribution in [-0.4, -0.2) is 6.04 Å². The summed E-state index contributed by atoms with van der Waals surface area (Å²) in [5.74, 6) is 0. The molecule has 0 aliphatic rings. The molecule has 0 bridgehead atoms. The molecule has 78 valence electrons. The minimum atomic E-state index is 0.551. The van der Waals surface area contributed by atoms with Crippen LogP contribution in [0.4, 0.5) is 11.4 Å². The highest BCUT2D eigenvalue weighted by atomic mass is 14.9. The van der Waals surface area contributed by atoms with Gasteiger partial charge in [0, 0.05) is 17.4 Å². The van der Waals surface area contributed by atoms with E-state index in [-0.39, 0.29) is 0 Å². The summed E-state index contributed by atoms with van der Waals surface area (Å²) in [4.78, 5) is 0. The molecule has 0 aliphatic heterocycles. The number of nitrogen functional groups attached to an aromatic ring is 1. The lowest BCUT2D eigenvalue weighted by Gasteiger charge is -2.18. The van der Waals surface area contributed by atoms with Crippen molar-refractivity contribution < 1.29 is 0 Å². The molecule has 0 saturated carbocycles. The van der Waals surface area contributed by atoms with Crippen LogP contribution in [0.2, 0.25) is 0 Å². The van der Waals surface area contributed by atoms with Gasteiger partial charge in [-0.15, -0.1) is 0 Å². The van der Waals surface area contributed by atoms with Crippen molar-refractivity contribution in [3.05, 3.63) is 23.8 Å². The van der Waals surface area contributed by atoms with Gasteiger partial charge in [-0.25, -0.2) is 0 Å². The van der Waals surface area contributed by atoms with E-state index in [1.54, 1.807) is 0 Å². The lowest BCUT2D eigenvalue weighted by molar-refractivity contribution is 0.671. The van der Waals surface area contributed by atoms with E-state index in [9.17, 15) is 0 Å². The van der Waals surface area contributed by atoms with E-state index in [1.807, 2.05) is 12.1 Å². The second-order valence-corrected chi connectivity index (χ2v) is 3.68. The first kappa shape index (κ1) is 10.9. The number of nitrogens with two attached hydrogens (primary N) is 1. The maximum atomic E-state index is 5.84. The fourth-order valence-corrected chi connectivity index (χ4v) is 1.52. The first-order valence-corrected chi connectivity index (χ1v) is 5.30. The third kappa shape index (κ3) is 2.41. The van der Waals surface area contributed by atoms with Gasteiger partial charge in [-0.1, -0.05) is 19.9 Å². The molecule has 0 amide bonds. The Morgan fingerprint density at radius 2 is 1.93 bits per heavy atom. The van der Waals surface area contributed by atoms with E-state index in [0.717, 1.165) is 24.1 Å². The summed E-state index contributed by atoms with van der Waals surface area (Å²) in [7, 11) is 0. The van der Waals surface area contributed by atoms with E-state index in [0.29, 0.717) is 6.04 Å². The fraction of sp³-hybridized carbons (Fsp3) is 0.500. The van der Waals surface area contributed by atoms with Crippen LogP contribution in [0.15, 0.2) is 18.2 Å². The number of hydrogen-bond donors (Lipinski definition) is 2. The van der Waals surface area contributed by atoms with Crippen LogP contribution in [0.3, 0.4) is 0 Å². The Morgan fingerprint density at radius 3 is 2.50 bits per heavy atom. The first-order valence-electron chi connectivity index (χ1n) is 5.30. The van der Waals surface area contributed by atoms with Gasteiger partial charge in [0.05, 0.1) is 0 Å². The molecule has 0 aliphatic carbocycles. The zero-order valence-corrected chi connectivity index (χ0v) is 9.30. The second-order valence-electron chi connectivity index (χ2n) is 3.68. The molecule has 0 radical (unpaired) electrons. The Hall–Kier alpha value is -1.18. The van der Waals surface area contributed by atoms with Crippen LogP contribution in [0.1, 0.15) is 32.3 Å². The molecule has 1 aromatic rings. The summed E-state index contributed by atoms with van der Waals surface area (Å²) in [6, 6.07) is 6.57. The Kier molecular flexibility index (Phi) is 3.81. The monoisotopic (exact) mass is 192 g/mol. The van der Waals surface area contributed by atoms with Crippen LogP contribution in [0.5, 0.6) is 0 Å². The molecule has 0 heterocycles. The van der Waals surface area contributed by atoms with Crippen LogP contribution in [0.25, 0.3) is 0 Å². The van der Waals surface area contributed by atoms with Gasteiger partial charge in [-0.2, -0.15) is 0 Å². The molecule has 0 saturated heterocycles. The SMILES string of the molecule is CCC(CC)Nc1cccc(N)c1C. The van der Waals surface area contributed by atoms with Gasteiger partial charge >= 0.3 is 0 Å². The zero-order valence-electron chi connectivity index (χ0n) is 9.30. The number of hydrogen-bond acceptors (Lipinski definition) is 2. The third-order valence-electron chi connectivity index (χ3n) is 2.72. The third-order valence-corrected chi connectivity index (χ3v) is 2.72. The van der Waals surface area contributed by atoms with Gasteiger partial charge in [0.15, 0.2) is 0 Å². The molecule has 0 fully saturated rings. The summed E-state index contributed by atoms with van der Waals surface area (Å²) in [5, 5.41) is 3.51. The average molecular weight is 192 g/mol.